The van der Waals surface area contributed by atoms with E-state index in [2.05, 4.69) is 5.32 Å². The van der Waals surface area contributed by atoms with Gasteiger partial charge in [-0.1, -0.05) is 0 Å². The molecule has 0 aromatic heterocycles. The van der Waals surface area contributed by atoms with Crippen LogP contribution in [0.25, 0.3) is 0 Å². The van der Waals surface area contributed by atoms with Crippen LogP contribution in [0.4, 0.5) is 0 Å². The minimum absolute atomic E-state index is 0.0690. The average Bonchev–Trinajstić information content (AvgIpc) is 2.82. The Morgan fingerprint density at radius 3 is 2.53 bits per heavy atom. The lowest BCUT2D eigenvalue weighted by molar-refractivity contribution is -0.158. The molecule has 0 bridgehead atoms. The molecule has 3 heteroatoms. The molecule has 86 valence electrons. The van der Waals surface area contributed by atoms with Crippen molar-refractivity contribution in [1.29, 1.82) is 0 Å². The van der Waals surface area contributed by atoms with E-state index in [0.717, 1.165) is 13.0 Å². The topological polar surface area (TPSA) is 38.3 Å². The summed E-state index contributed by atoms with van der Waals surface area (Å²) in [7, 11) is 0. The maximum Gasteiger partial charge on any atom is 0.323 e. The Morgan fingerprint density at radius 2 is 2.00 bits per heavy atom. The highest BCUT2D eigenvalue weighted by Gasteiger charge is 2.47. The van der Waals surface area contributed by atoms with Crippen LogP contribution in [0, 0.1) is 5.41 Å². The molecular formula is C12H21NO2. The van der Waals surface area contributed by atoms with Crippen molar-refractivity contribution in [3.05, 3.63) is 0 Å². The van der Waals surface area contributed by atoms with E-state index < -0.39 is 0 Å². The van der Waals surface area contributed by atoms with E-state index in [1.807, 2.05) is 20.8 Å². The third-order valence-electron chi connectivity index (χ3n) is 3.33. The van der Waals surface area contributed by atoms with Gasteiger partial charge in [0.25, 0.3) is 0 Å². The molecule has 1 saturated carbocycles. The predicted molar refractivity (Wildman–Crippen MR) is 58.5 cm³/mol. The van der Waals surface area contributed by atoms with Crippen molar-refractivity contribution in [3.63, 3.8) is 0 Å². The second-order valence-corrected chi connectivity index (χ2v) is 5.99. The van der Waals surface area contributed by atoms with Gasteiger partial charge in [0, 0.05) is 0 Å². The molecule has 1 aliphatic carbocycles. The molecule has 15 heavy (non-hydrogen) atoms. The van der Waals surface area contributed by atoms with Crippen molar-refractivity contribution in [1.82, 2.24) is 5.32 Å². The highest BCUT2D eigenvalue weighted by atomic mass is 16.6. The quantitative estimate of drug-likeness (QED) is 0.673. The van der Waals surface area contributed by atoms with Crippen molar-refractivity contribution in [2.75, 3.05) is 6.54 Å². The van der Waals surface area contributed by atoms with Gasteiger partial charge in [0.05, 0.1) is 0 Å². The fourth-order valence-electron chi connectivity index (χ4n) is 2.29. The summed E-state index contributed by atoms with van der Waals surface area (Å²) in [6.07, 6.45) is 4.80. The van der Waals surface area contributed by atoms with E-state index in [4.69, 9.17) is 4.74 Å². The molecule has 1 heterocycles. The van der Waals surface area contributed by atoms with Crippen molar-refractivity contribution >= 4 is 5.97 Å². The Balaban J connectivity index is 1.90. The number of carbonyl (C=O) groups is 1. The van der Waals surface area contributed by atoms with Crippen molar-refractivity contribution in [3.8, 4) is 0 Å². The number of hydrogen-bond acceptors (Lipinski definition) is 3. The first-order valence-electron chi connectivity index (χ1n) is 5.87. The zero-order valence-corrected chi connectivity index (χ0v) is 9.93. The lowest BCUT2D eigenvalue weighted by Crippen LogP contribution is -2.46. The van der Waals surface area contributed by atoms with E-state index >= 15 is 0 Å². The summed E-state index contributed by atoms with van der Waals surface area (Å²) < 4.78 is 5.40. The van der Waals surface area contributed by atoms with Crippen LogP contribution in [0.2, 0.25) is 0 Å². The SMILES string of the molecule is CC(C)(C)OC(=O)C1CC2(CCN1)CC2. The Kier molecular flexibility index (Phi) is 2.53. The zero-order chi connectivity index (χ0) is 11.1. The lowest BCUT2D eigenvalue weighted by Gasteiger charge is -2.31. The third-order valence-corrected chi connectivity index (χ3v) is 3.33. The molecule has 1 aliphatic heterocycles. The van der Waals surface area contributed by atoms with E-state index in [1.165, 1.54) is 19.3 Å². The molecule has 1 N–H and O–H groups in total. The summed E-state index contributed by atoms with van der Waals surface area (Å²) in [6, 6.07) is -0.0690. The van der Waals surface area contributed by atoms with Crippen LogP contribution in [0.3, 0.4) is 0 Å². The summed E-state index contributed by atoms with van der Waals surface area (Å²) in [5.41, 5.74) is 0.125. The van der Waals surface area contributed by atoms with Crippen LogP contribution < -0.4 is 5.32 Å². The molecule has 1 spiro atoms. The van der Waals surface area contributed by atoms with E-state index in [1.54, 1.807) is 0 Å². The summed E-state index contributed by atoms with van der Waals surface area (Å²) in [5.74, 6) is -0.0755. The molecule has 2 fully saturated rings. The second-order valence-electron chi connectivity index (χ2n) is 5.99. The fourth-order valence-corrected chi connectivity index (χ4v) is 2.29. The van der Waals surface area contributed by atoms with E-state index in [0.29, 0.717) is 5.41 Å². The number of esters is 1. The smallest absolute Gasteiger partial charge is 0.323 e. The van der Waals surface area contributed by atoms with Crippen LogP contribution in [0.15, 0.2) is 0 Å². The van der Waals surface area contributed by atoms with Crippen LogP contribution in [-0.2, 0) is 9.53 Å². The minimum Gasteiger partial charge on any atom is -0.459 e. The molecule has 1 unspecified atom stereocenters. The Morgan fingerprint density at radius 1 is 1.33 bits per heavy atom. The van der Waals surface area contributed by atoms with Gasteiger partial charge in [0.2, 0.25) is 0 Å². The fraction of sp³-hybridized carbons (Fsp3) is 0.917. The predicted octanol–water partition coefficient (Wildman–Crippen LogP) is 1.86. The van der Waals surface area contributed by atoms with Crippen molar-refractivity contribution in [2.24, 2.45) is 5.41 Å². The van der Waals surface area contributed by atoms with Gasteiger partial charge in [-0.2, -0.15) is 0 Å². The molecule has 1 saturated heterocycles. The minimum atomic E-state index is -0.368. The Labute approximate surface area is 91.6 Å². The number of rotatable bonds is 1. The average molecular weight is 211 g/mol. The van der Waals surface area contributed by atoms with E-state index in [9.17, 15) is 4.79 Å². The van der Waals surface area contributed by atoms with E-state index in [-0.39, 0.29) is 17.6 Å². The molecular weight excluding hydrogens is 190 g/mol. The number of hydrogen-bond donors (Lipinski definition) is 1. The largest absolute Gasteiger partial charge is 0.459 e. The van der Waals surface area contributed by atoms with Gasteiger partial charge in [0.15, 0.2) is 0 Å². The molecule has 3 nitrogen and oxygen atoms in total. The van der Waals surface area contributed by atoms with Gasteiger partial charge in [-0.25, -0.2) is 0 Å². The van der Waals surface area contributed by atoms with Gasteiger partial charge in [0.1, 0.15) is 11.6 Å². The summed E-state index contributed by atoms with van der Waals surface area (Å²) in [5, 5.41) is 3.26. The maximum absolute atomic E-state index is 11.8. The molecule has 0 radical (unpaired) electrons. The third kappa shape index (κ3) is 2.71. The molecule has 2 aliphatic rings. The highest BCUT2D eigenvalue weighted by molar-refractivity contribution is 5.76. The Bertz CT molecular complexity index is 263. The zero-order valence-electron chi connectivity index (χ0n) is 9.93. The number of ether oxygens (including phenoxy) is 1. The first kappa shape index (κ1) is 10.9. The molecule has 2 rings (SSSR count). The summed E-state index contributed by atoms with van der Waals surface area (Å²) in [6.45, 7) is 6.71. The molecule has 0 amide bonds. The number of nitrogens with one attached hydrogen (secondary N) is 1. The first-order chi connectivity index (χ1) is 6.90. The lowest BCUT2D eigenvalue weighted by atomic mass is 9.89. The van der Waals surface area contributed by atoms with Gasteiger partial charge < -0.3 is 10.1 Å². The van der Waals surface area contributed by atoms with Crippen LogP contribution >= 0.6 is 0 Å². The van der Waals surface area contributed by atoms with Crippen molar-refractivity contribution < 1.29 is 9.53 Å². The number of carbonyl (C=O) groups excluding carboxylic acids is 1. The first-order valence-corrected chi connectivity index (χ1v) is 5.87. The molecule has 1 atom stereocenters. The standard InChI is InChI=1S/C12H21NO2/c1-11(2,3)15-10(14)9-8-12(4-5-12)6-7-13-9/h9,13H,4-8H2,1-3H3. The summed E-state index contributed by atoms with van der Waals surface area (Å²) >= 11 is 0. The molecule has 0 aromatic rings. The normalized spacial score (nSPS) is 28.9. The second kappa shape index (κ2) is 3.48. The van der Waals surface area contributed by atoms with Crippen LogP contribution in [-0.4, -0.2) is 24.2 Å². The maximum atomic E-state index is 11.8. The van der Waals surface area contributed by atoms with Gasteiger partial charge in [-0.15, -0.1) is 0 Å². The van der Waals surface area contributed by atoms with Crippen molar-refractivity contribution in [2.45, 2.75) is 58.1 Å². The summed E-state index contributed by atoms with van der Waals surface area (Å²) in [4.78, 5) is 11.8. The van der Waals surface area contributed by atoms with Gasteiger partial charge in [-0.05, 0) is 58.4 Å². The monoisotopic (exact) mass is 211 g/mol. The number of piperidine rings is 1. The Hall–Kier alpha value is -0.570. The van der Waals surface area contributed by atoms with Crippen LogP contribution in [0.5, 0.6) is 0 Å². The van der Waals surface area contributed by atoms with Gasteiger partial charge >= 0.3 is 5.97 Å². The molecule has 0 aromatic carbocycles. The highest BCUT2D eigenvalue weighted by Crippen LogP contribution is 2.53. The van der Waals surface area contributed by atoms with Gasteiger partial charge in [-0.3, -0.25) is 4.79 Å². The van der Waals surface area contributed by atoms with Crippen LogP contribution in [0.1, 0.15) is 46.5 Å².